The summed E-state index contributed by atoms with van der Waals surface area (Å²) in [4.78, 5) is 14.1. The summed E-state index contributed by atoms with van der Waals surface area (Å²) in [6, 6.07) is 10.9. The summed E-state index contributed by atoms with van der Waals surface area (Å²) in [5.74, 6) is 1.91. The van der Waals surface area contributed by atoms with Gasteiger partial charge in [-0.2, -0.15) is 0 Å². The van der Waals surface area contributed by atoms with E-state index in [0.717, 1.165) is 11.3 Å². The molecule has 5 nitrogen and oxygen atoms in total. The normalized spacial score (nSPS) is 16.4. The number of hydrogen-bond donors (Lipinski definition) is 0. The highest BCUT2D eigenvalue weighted by molar-refractivity contribution is 6.30. The van der Waals surface area contributed by atoms with Crippen molar-refractivity contribution < 1.29 is 19.0 Å². The monoisotopic (exact) mass is 331 g/mol. The van der Waals surface area contributed by atoms with Crippen molar-refractivity contribution >= 4 is 23.2 Å². The number of ether oxygens (including phenoxy) is 3. The topological polar surface area (TPSA) is 48.0 Å². The number of carbonyl (C=O) groups excluding carboxylic acids is 1. The Bertz CT molecular complexity index is 777. The van der Waals surface area contributed by atoms with E-state index >= 15 is 0 Å². The molecule has 0 aromatic heterocycles. The molecule has 0 atom stereocenters. The molecule has 2 aromatic rings. The highest BCUT2D eigenvalue weighted by Gasteiger charge is 2.24. The molecule has 1 amide bonds. The quantitative estimate of drug-likeness (QED) is 0.806. The fourth-order valence-electron chi connectivity index (χ4n) is 2.72. The highest BCUT2D eigenvalue weighted by Crippen LogP contribution is 2.36. The lowest BCUT2D eigenvalue weighted by Crippen LogP contribution is -2.32. The van der Waals surface area contributed by atoms with Crippen LogP contribution in [-0.4, -0.2) is 25.7 Å². The molecule has 0 N–H and O–H groups in total. The molecule has 2 aliphatic rings. The minimum absolute atomic E-state index is 0.0108. The number of carbonyl (C=O) groups is 1. The van der Waals surface area contributed by atoms with Gasteiger partial charge < -0.3 is 19.1 Å². The number of rotatable bonds is 1. The summed E-state index contributed by atoms with van der Waals surface area (Å²) < 4.78 is 16.7. The van der Waals surface area contributed by atoms with Crippen molar-refractivity contribution in [3.05, 3.63) is 47.0 Å². The standard InChI is InChI=1S/C17H14ClNO4/c18-12-1-3-14-11(7-12)9-19(17(20)10-23-14)13-2-4-15-16(8-13)22-6-5-21-15/h1-4,7-8H,5-6,9-10H2. The van der Waals surface area contributed by atoms with Gasteiger partial charge in [0, 0.05) is 22.3 Å². The van der Waals surface area contributed by atoms with Gasteiger partial charge in [-0.05, 0) is 30.3 Å². The molecule has 2 heterocycles. The lowest BCUT2D eigenvalue weighted by atomic mass is 10.1. The Balaban J connectivity index is 1.71. The van der Waals surface area contributed by atoms with E-state index in [2.05, 4.69) is 0 Å². The van der Waals surface area contributed by atoms with Crippen molar-refractivity contribution in [1.82, 2.24) is 0 Å². The van der Waals surface area contributed by atoms with Gasteiger partial charge in [0.2, 0.25) is 0 Å². The molecule has 2 aromatic carbocycles. The van der Waals surface area contributed by atoms with Gasteiger partial charge in [0.1, 0.15) is 19.0 Å². The Kier molecular flexibility index (Phi) is 3.50. The maximum absolute atomic E-state index is 12.4. The van der Waals surface area contributed by atoms with E-state index in [9.17, 15) is 4.79 Å². The highest BCUT2D eigenvalue weighted by atomic mass is 35.5. The van der Waals surface area contributed by atoms with Crippen molar-refractivity contribution in [3.8, 4) is 17.2 Å². The van der Waals surface area contributed by atoms with Gasteiger partial charge >= 0.3 is 0 Å². The van der Waals surface area contributed by atoms with E-state index in [1.807, 2.05) is 24.3 Å². The Morgan fingerprint density at radius 1 is 0.913 bits per heavy atom. The predicted molar refractivity (Wildman–Crippen MR) is 85.6 cm³/mol. The SMILES string of the molecule is O=C1COc2ccc(Cl)cc2CN1c1ccc2c(c1)OCCO2. The zero-order valence-electron chi connectivity index (χ0n) is 12.3. The largest absolute Gasteiger partial charge is 0.486 e. The molecular formula is C17H14ClNO4. The minimum atomic E-state index is -0.117. The van der Waals surface area contributed by atoms with Gasteiger partial charge in [0.25, 0.3) is 5.91 Å². The first-order valence-electron chi connectivity index (χ1n) is 7.32. The molecule has 23 heavy (non-hydrogen) atoms. The number of halogens is 1. The van der Waals surface area contributed by atoms with Crippen LogP contribution in [0.25, 0.3) is 0 Å². The van der Waals surface area contributed by atoms with Gasteiger partial charge in [-0.25, -0.2) is 0 Å². The van der Waals surface area contributed by atoms with Crippen LogP contribution in [0.2, 0.25) is 5.02 Å². The molecule has 0 aliphatic carbocycles. The maximum atomic E-state index is 12.4. The van der Waals surface area contributed by atoms with Crippen LogP contribution >= 0.6 is 11.6 Å². The molecule has 2 aliphatic heterocycles. The van der Waals surface area contributed by atoms with Crippen LogP contribution in [0, 0.1) is 0 Å². The van der Waals surface area contributed by atoms with Crippen LogP contribution in [0.1, 0.15) is 5.56 Å². The average Bonchev–Trinajstić information content (AvgIpc) is 2.73. The predicted octanol–water partition coefficient (Wildman–Crippen LogP) is 3.04. The molecule has 0 saturated heterocycles. The van der Waals surface area contributed by atoms with E-state index in [4.69, 9.17) is 25.8 Å². The average molecular weight is 332 g/mol. The summed E-state index contributed by atoms with van der Waals surface area (Å²) in [5, 5.41) is 0.615. The zero-order chi connectivity index (χ0) is 15.8. The number of benzene rings is 2. The van der Waals surface area contributed by atoms with E-state index in [-0.39, 0.29) is 12.5 Å². The molecule has 0 bridgehead atoms. The second-order valence-electron chi connectivity index (χ2n) is 5.35. The van der Waals surface area contributed by atoms with Crippen LogP contribution in [0.15, 0.2) is 36.4 Å². The molecule has 118 valence electrons. The van der Waals surface area contributed by atoms with Crippen LogP contribution in [0.3, 0.4) is 0 Å². The lowest BCUT2D eigenvalue weighted by molar-refractivity contribution is -0.120. The second-order valence-corrected chi connectivity index (χ2v) is 5.79. The zero-order valence-corrected chi connectivity index (χ0v) is 13.0. The molecule has 0 radical (unpaired) electrons. The summed E-state index contributed by atoms with van der Waals surface area (Å²) in [5.41, 5.74) is 1.62. The van der Waals surface area contributed by atoms with Crippen LogP contribution in [-0.2, 0) is 11.3 Å². The van der Waals surface area contributed by atoms with Crippen LogP contribution in [0.4, 0.5) is 5.69 Å². The molecule has 0 saturated carbocycles. The molecule has 4 rings (SSSR count). The Labute approximate surface area is 138 Å². The lowest BCUT2D eigenvalue weighted by Gasteiger charge is -2.24. The van der Waals surface area contributed by atoms with Crippen molar-refractivity contribution in [2.45, 2.75) is 6.54 Å². The minimum Gasteiger partial charge on any atom is -0.486 e. The third-order valence-corrected chi connectivity index (χ3v) is 4.08. The van der Waals surface area contributed by atoms with Crippen molar-refractivity contribution in [1.29, 1.82) is 0 Å². The number of fused-ring (bicyclic) bond motifs is 2. The van der Waals surface area contributed by atoms with Gasteiger partial charge in [0.15, 0.2) is 18.1 Å². The third-order valence-electron chi connectivity index (χ3n) is 3.84. The molecule has 6 heteroatoms. The van der Waals surface area contributed by atoms with Crippen LogP contribution < -0.4 is 19.1 Å². The molecule has 0 fully saturated rings. The summed E-state index contributed by atoms with van der Waals surface area (Å²) in [6.07, 6.45) is 0. The smallest absolute Gasteiger partial charge is 0.265 e. The van der Waals surface area contributed by atoms with E-state index in [0.29, 0.717) is 42.0 Å². The van der Waals surface area contributed by atoms with E-state index in [1.54, 1.807) is 17.0 Å². The van der Waals surface area contributed by atoms with Gasteiger partial charge in [-0.3, -0.25) is 4.79 Å². The maximum Gasteiger partial charge on any atom is 0.265 e. The summed E-state index contributed by atoms with van der Waals surface area (Å²) >= 11 is 6.06. The Morgan fingerprint density at radius 2 is 1.70 bits per heavy atom. The Morgan fingerprint density at radius 3 is 2.57 bits per heavy atom. The molecular weight excluding hydrogens is 318 g/mol. The van der Waals surface area contributed by atoms with Crippen LogP contribution in [0.5, 0.6) is 17.2 Å². The number of anilines is 1. The Hall–Kier alpha value is -2.40. The molecule has 0 spiro atoms. The molecule has 0 unspecified atom stereocenters. The van der Waals surface area contributed by atoms with Crippen molar-refractivity contribution in [2.24, 2.45) is 0 Å². The fraction of sp³-hybridized carbons (Fsp3) is 0.235. The third kappa shape index (κ3) is 2.68. The van der Waals surface area contributed by atoms with E-state index in [1.165, 1.54) is 0 Å². The van der Waals surface area contributed by atoms with Gasteiger partial charge in [-0.1, -0.05) is 11.6 Å². The number of hydrogen-bond acceptors (Lipinski definition) is 4. The first kappa shape index (κ1) is 14.2. The summed E-state index contributed by atoms with van der Waals surface area (Å²) in [7, 11) is 0. The summed E-state index contributed by atoms with van der Waals surface area (Å²) in [6.45, 7) is 1.43. The number of amides is 1. The van der Waals surface area contributed by atoms with Gasteiger partial charge in [-0.15, -0.1) is 0 Å². The first-order valence-corrected chi connectivity index (χ1v) is 7.70. The number of nitrogens with zero attached hydrogens (tertiary/aromatic N) is 1. The van der Waals surface area contributed by atoms with Gasteiger partial charge in [0.05, 0.1) is 6.54 Å². The van der Waals surface area contributed by atoms with E-state index < -0.39 is 0 Å². The first-order chi connectivity index (χ1) is 11.2. The van der Waals surface area contributed by atoms with Crippen molar-refractivity contribution in [3.63, 3.8) is 0 Å². The fourth-order valence-corrected chi connectivity index (χ4v) is 2.92. The second kappa shape index (κ2) is 5.66. The van der Waals surface area contributed by atoms with Crippen molar-refractivity contribution in [2.75, 3.05) is 24.7 Å².